The number of aromatic nitrogens is 2. The first-order chi connectivity index (χ1) is 13.9. The van der Waals surface area contributed by atoms with Gasteiger partial charge in [0, 0.05) is 43.8 Å². The minimum atomic E-state index is -0.889. The summed E-state index contributed by atoms with van der Waals surface area (Å²) in [7, 11) is 1.64. The number of amides is 2. The predicted octanol–water partition coefficient (Wildman–Crippen LogP) is 3.32. The second kappa shape index (κ2) is 9.01. The topological polar surface area (TPSA) is 75.2 Å². The molecular weight excluding hydrogens is 378 g/mol. The van der Waals surface area contributed by atoms with Gasteiger partial charge in [0.1, 0.15) is 17.3 Å². The highest BCUT2D eigenvalue weighted by Crippen LogP contribution is 2.16. The average Bonchev–Trinajstić information content (AvgIpc) is 2.74. The van der Waals surface area contributed by atoms with Crippen LogP contribution in [-0.2, 0) is 6.42 Å². The van der Waals surface area contributed by atoms with Gasteiger partial charge < -0.3 is 10.2 Å². The molecule has 1 N–H and O–H groups in total. The van der Waals surface area contributed by atoms with Crippen LogP contribution in [0.4, 0.5) is 14.5 Å². The van der Waals surface area contributed by atoms with Gasteiger partial charge in [-0.25, -0.2) is 8.78 Å². The van der Waals surface area contributed by atoms with E-state index < -0.39 is 17.5 Å². The van der Waals surface area contributed by atoms with Crippen molar-refractivity contribution < 1.29 is 18.4 Å². The lowest BCUT2D eigenvalue weighted by Gasteiger charge is -2.17. The summed E-state index contributed by atoms with van der Waals surface area (Å²) in [6, 6.07) is 9.33. The van der Waals surface area contributed by atoms with Gasteiger partial charge in [-0.05, 0) is 48.4 Å². The molecule has 0 aliphatic rings. The number of pyridine rings is 2. The molecule has 2 aromatic heterocycles. The molecule has 0 unspecified atom stereocenters. The largest absolute Gasteiger partial charge is 0.340 e. The molecule has 3 rings (SSSR count). The molecule has 148 valence electrons. The zero-order chi connectivity index (χ0) is 20.8. The number of nitrogens with one attached hydrogen (secondary N) is 1. The van der Waals surface area contributed by atoms with E-state index in [4.69, 9.17) is 0 Å². The minimum absolute atomic E-state index is 0.0921. The van der Waals surface area contributed by atoms with Crippen LogP contribution < -0.4 is 5.32 Å². The maximum absolute atomic E-state index is 13.7. The van der Waals surface area contributed by atoms with Crippen LogP contribution in [0.3, 0.4) is 0 Å². The van der Waals surface area contributed by atoms with E-state index in [0.717, 1.165) is 17.7 Å². The van der Waals surface area contributed by atoms with Crippen molar-refractivity contribution in [1.29, 1.82) is 0 Å². The van der Waals surface area contributed by atoms with Gasteiger partial charge in [-0.1, -0.05) is 0 Å². The molecule has 2 heterocycles. The van der Waals surface area contributed by atoms with Crippen LogP contribution in [0.1, 0.15) is 26.4 Å². The summed E-state index contributed by atoms with van der Waals surface area (Å²) >= 11 is 0. The van der Waals surface area contributed by atoms with Gasteiger partial charge in [-0.3, -0.25) is 19.6 Å². The van der Waals surface area contributed by atoms with Gasteiger partial charge in [0.05, 0.1) is 5.69 Å². The highest BCUT2D eigenvalue weighted by atomic mass is 19.1. The smallest absolute Gasteiger partial charge is 0.272 e. The molecule has 6 nitrogen and oxygen atoms in total. The van der Waals surface area contributed by atoms with E-state index in [1.165, 1.54) is 23.2 Å². The normalized spacial score (nSPS) is 10.4. The van der Waals surface area contributed by atoms with Crippen molar-refractivity contribution in [2.24, 2.45) is 0 Å². The van der Waals surface area contributed by atoms with Crippen molar-refractivity contribution in [3.63, 3.8) is 0 Å². The summed E-state index contributed by atoms with van der Waals surface area (Å²) < 4.78 is 26.7. The Balaban J connectivity index is 1.67. The molecule has 3 aromatic rings. The quantitative estimate of drug-likeness (QED) is 0.694. The third kappa shape index (κ3) is 5.19. The lowest BCUT2D eigenvalue weighted by atomic mass is 10.1. The van der Waals surface area contributed by atoms with Crippen molar-refractivity contribution >= 4 is 17.5 Å². The van der Waals surface area contributed by atoms with Crippen molar-refractivity contribution in [3.05, 3.63) is 89.5 Å². The molecule has 2 amide bonds. The molecule has 0 bridgehead atoms. The second-order valence-electron chi connectivity index (χ2n) is 6.34. The summed E-state index contributed by atoms with van der Waals surface area (Å²) in [6.45, 7) is 0.460. The number of anilines is 1. The Morgan fingerprint density at radius 3 is 2.52 bits per heavy atom. The Hall–Kier alpha value is -3.68. The minimum Gasteiger partial charge on any atom is -0.340 e. The Bertz CT molecular complexity index is 1030. The Kier molecular flexibility index (Phi) is 6.23. The van der Waals surface area contributed by atoms with Gasteiger partial charge in [-0.15, -0.1) is 0 Å². The highest BCUT2D eigenvalue weighted by Gasteiger charge is 2.16. The first kappa shape index (κ1) is 20.1. The van der Waals surface area contributed by atoms with E-state index in [-0.39, 0.29) is 22.9 Å². The molecule has 29 heavy (non-hydrogen) atoms. The van der Waals surface area contributed by atoms with Crippen molar-refractivity contribution in [1.82, 2.24) is 14.9 Å². The van der Waals surface area contributed by atoms with E-state index in [1.54, 1.807) is 19.4 Å². The number of halogens is 2. The van der Waals surface area contributed by atoms with E-state index >= 15 is 0 Å². The lowest BCUT2D eigenvalue weighted by molar-refractivity contribution is 0.0791. The Morgan fingerprint density at radius 1 is 1.03 bits per heavy atom. The summed E-state index contributed by atoms with van der Waals surface area (Å²) in [4.78, 5) is 34.5. The molecule has 0 atom stereocenters. The van der Waals surface area contributed by atoms with Crippen molar-refractivity contribution in [3.8, 4) is 0 Å². The molecule has 0 spiro atoms. The monoisotopic (exact) mass is 396 g/mol. The van der Waals surface area contributed by atoms with Crippen LogP contribution in [0.25, 0.3) is 0 Å². The molecule has 0 fully saturated rings. The van der Waals surface area contributed by atoms with Crippen LogP contribution in [-0.4, -0.2) is 40.3 Å². The fraction of sp³-hybridized carbons (Fsp3) is 0.143. The fourth-order valence-electron chi connectivity index (χ4n) is 2.62. The number of hydrogen-bond donors (Lipinski definition) is 1. The number of benzene rings is 1. The zero-order valence-electron chi connectivity index (χ0n) is 15.6. The summed E-state index contributed by atoms with van der Waals surface area (Å²) in [5, 5.41) is 2.36. The first-order valence-electron chi connectivity index (χ1n) is 8.81. The number of hydrogen-bond acceptors (Lipinski definition) is 4. The van der Waals surface area contributed by atoms with Crippen LogP contribution in [0.5, 0.6) is 0 Å². The lowest BCUT2D eigenvalue weighted by Crippen LogP contribution is -2.29. The van der Waals surface area contributed by atoms with E-state index in [0.29, 0.717) is 19.0 Å². The van der Waals surface area contributed by atoms with Gasteiger partial charge >= 0.3 is 0 Å². The Labute approximate surface area is 166 Å². The maximum atomic E-state index is 13.7. The molecule has 0 radical (unpaired) electrons. The molecule has 0 aliphatic carbocycles. The molecule has 0 saturated carbocycles. The average molecular weight is 396 g/mol. The van der Waals surface area contributed by atoms with Gasteiger partial charge in [0.25, 0.3) is 11.8 Å². The third-order valence-electron chi connectivity index (χ3n) is 4.25. The standard InChI is InChI=1S/C21H18F2N4O2/c1-27(11-7-14-4-8-24-9-5-14)21(29)19-12-15(6-10-25-19)20(28)26-18-3-2-16(22)13-17(18)23/h2-6,8-10,12-13H,7,11H2,1H3,(H,26,28). The number of carbonyl (C=O) groups excluding carboxylic acids is 2. The zero-order valence-corrected chi connectivity index (χ0v) is 15.6. The predicted molar refractivity (Wildman–Crippen MR) is 103 cm³/mol. The number of rotatable bonds is 6. The first-order valence-corrected chi connectivity index (χ1v) is 8.81. The SMILES string of the molecule is CN(CCc1ccncc1)C(=O)c1cc(C(=O)Nc2ccc(F)cc2F)ccn1. The van der Waals surface area contributed by atoms with E-state index in [9.17, 15) is 18.4 Å². The van der Waals surface area contributed by atoms with Crippen LogP contribution in [0.15, 0.2) is 61.1 Å². The van der Waals surface area contributed by atoms with Gasteiger partial charge in [-0.2, -0.15) is 0 Å². The van der Waals surface area contributed by atoms with Crippen LogP contribution in [0, 0.1) is 11.6 Å². The molecule has 0 aliphatic heterocycles. The summed E-state index contributed by atoms with van der Waals surface area (Å²) in [5.74, 6) is -2.61. The maximum Gasteiger partial charge on any atom is 0.272 e. The van der Waals surface area contributed by atoms with Gasteiger partial charge in [0.2, 0.25) is 0 Å². The number of carbonyl (C=O) groups is 2. The van der Waals surface area contributed by atoms with Crippen molar-refractivity contribution in [2.45, 2.75) is 6.42 Å². The van der Waals surface area contributed by atoms with E-state index in [2.05, 4.69) is 15.3 Å². The second-order valence-corrected chi connectivity index (χ2v) is 6.34. The van der Waals surface area contributed by atoms with Crippen LogP contribution >= 0.6 is 0 Å². The molecule has 0 saturated heterocycles. The van der Waals surface area contributed by atoms with Gasteiger partial charge in [0.15, 0.2) is 0 Å². The van der Waals surface area contributed by atoms with Crippen LogP contribution in [0.2, 0.25) is 0 Å². The molecule has 8 heteroatoms. The highest BCUT2D eigenvalue weighted by molar-refractivity contribution is 6.05. The fourth-order valence-corrected chi connectivity index (χ4v) is 2.62. The van der Waals surface area contributed by atoms with Crippen molar-refractivity contribution in [2.75, 3.05) is 18.9 Å². The Morgan fingerprint density at radius 2 is 1.79 bits per heavy atom. The molecular formula is C21H18F2N4O2. The number of likely N-dealkylation sites (N-methyl/N-ethyl adjacent to an activating group) is 1. The van der Waals surface area contributed by atoms with E-state index in [1.807, 2.05) is 12.1 Å². The third-order valence-corrected chi connectivity index (χ3v) is 4.25. The number of nitrogens with zero attached hydrogens (tertiary/aromatic N) is 3. The summed E-state index contributed by atoms with van der Waals surface area (Å²) in [5.41, 5.74) is 1.11. The molecule has 1 aromatic carbocycles. The summed E-state index contributed by atoms with van der Waals surface area (Å²) in [6.07, 6.45) is 5.35.